The summed E-state index contributed by atoms with van der Waals surface area (Å²) in [4.78, 5) is 22.7. The second kappa shape index (κ2) is 5.61. The highest BCUT2D eigenvalue weighted by atomic mass is 16.5. The van der Waals surface area contributed by atoms with E-state index < -0.39 is 0 Å². The van der Waals surface area contributed by atoms with Gasteiger partial charge in [-0.15, -0.1) is 0 Å². The van der Waals surface area contributed by atoms with Crippen LogP contribution in [0.2, 0.25) is 0 Å². The number of nitrogens with one attached hydrogen (secondary N) is 1. The zero-order valence-electron chi connectivity index (χ0n) is 12.0. The number of aromatic nitrogens is 3. The lowest BCUT2D eigenvalue weighted by Gasteiger charge is -2.31. The Morgan fingerprint density at radius 1 is 1.52 bits per heavy atom. The third-order valence-electron chi connectivity index (χ3n) is 3.70. The minimum absolute atomic E-state index is 0.108. The molecule has 1 atom stereocenters. The van der Waals surface area contributed by atoms with Gasteiger partial charge in [0.15, 0.2) is 0 Å². The average Bonchev–Trinajstić information content (AvgIpc) is 2.91. The van der Waals surface area contributed by atoms with Gasteiger partial charge in [0.2, 0.25) is 11.8 Å². The molecule has 0 aliphatic carbocycles. The van der Waals surface area contributed by atoms with Crippen LogP contribution in [-0.2, 0) is 17.8 Å². The van der Waals surface area contributed by atoms with E-state index in [0.29, 0.717) is 12.4 Å². The van der Waals surface area contributed by atoms with Crippen LogP contribution in [0, 0.1) is 6.92 Å². The number of carbonyl (C=O) groups excluding carboxylic acids is 1. The predicted molar refractivity (Wildman–Crippen MR) is 75.5 cm³/mol. The monoisotopic (exact) mass is 287 g/mol. The predicted octanol–water partition coefficient (Wildman–Crippen LogP) is 1.16. The van der Waals surface area contributed by atoms with Gasteiger partial charge in [0.25, 0.3) is 0 Å². The van der Waals surface area contributed by atoms with Crippen LogP contribution in [0.5, 0.6) is 0 Å². The molecule has 0 aromatic carbocycles. The second-order valence-electron chi connectivity index (χ2n) is 5.21. The summed E-state index contributed by atoms with van der Waals surface area (Å²) < 4.78 is 5.01. The van der Waals surface area contributed by atoms with Crippen molar-refractivity contribution >= 4 is 11.8 Å². The topological polar surface area (TPSA) is 84.2 Å². The highest BCUT2D eigenvalue weighted by molar-refractivity contribution is 5.93. The van der Waals surface area contributed by atoms with Gasteiger partial charge >= 0.3 is 0 Å². The van der Waals surface area contributed by atoms with Crippen molar-refractivity contribution in [2.45, 2.75) is 32.9 Å². The standard InChI is InChI=1S/C14H17N5O2/c1-9-5-13(21-18-9)17-14(20)10(2)19-4-3-11-6-15-8-16-12(11)7-19/h5-6,8,10H,3-4,7H2,1-2H3,(H,17,20)/t10-/m1/s1. The second-order valence-corrected chi connectivity index (χ2v) is 5.21. The number of carbonyl (C=O) groups is 1. The SMILES string of the molecule is Cc1cc(NC(=O)[C@@H](C)N2CCc3cncnc3C2)on1. The fraction of sp³-hybridized carbons (Fsp3) is 0.429. The number of nitrogens with zero attached hydrogens (tertiary/aromatic N) is 4. The van der Waals surface area contributed by atoms with Gasteiger partial charge in [-0.05, 0) is 25.8 Å². The normalized spacial score (nSPS) is 16.3. The van der Waals surface area contributed by atoms with E-state index in [1.807, 2.05) is 20.0 Å². The third kappa shape index (κ3) is 2.92. The zero-order valence-corrected chi connectivity index (χ0v) is 12.0. The molecule has 1 amide bonds. The maximum atomic E-state index is 12.3. The van der Waals surface area contributed by atoms with Gasteiger partial charge in [0, 0.05) is 25.4 Å². The van der Waals surface area contributed by atoms with E-state index in [1.165, 1.54) is 0 Å². The van der Waals surface area contributed by atoms with Crippen LogP contribution in [-0.4, -0.2) is 38.5 Å². The Morgan fingerprint density at radius 2 is 2.38 bits per heavy atom. The summed E-state index contributed by atoms with van der Waals surface area (Å²) in [6.07, 6.45) is 4.25. The van der Waals surface area contributed by atoms with E-state index in [-0.39, 0.29) is 11.9 Å². The van der Waals surface area contributed by atoms with Crippen molar-refractivity contribution in [2.75, 3.05) is 11.9 Å². The summed E-state index contributed by atoms with van der Waals surface area (Å²) in [6, 6.07) is 1.43. The van der Waals surface area contributed by atoms with E-state index >= 15 is 0 Å². The third-order valence-corrected chi connectivity index (χ3v) is 3.70. The van der Waals surface area contributed by atoms with Gasteiger partial charge in [-0.2, -0.15) is 0 Å². The van der Waals surface area contributed by atoms with Crippen LogP contribution < -0.4 is 5.32 Å². The molecule has 0 bridgehead atoms. The Morgan fingerprint density at radius 3 is 3.14 bits per heavy atom. The molecule has 1 aliphatic rings. The molecule has 0 saturated heterocycles. The van der Waals surface area contributed by atoms with Crippen molar-refractivity contribution in [2.24, 2.45) is 0 Å². The number of hydrogen-bond acceptors (Lipinski definition) is 6. The molecule has 1 aliphatic heterocycles. The zero-order chi connectivity index (χ0) is 14.8. The molecule has 2 aromatic rings. The lowest BCUT2D eigenvalue weighted by molar-refractivity contribution is -0.121. The highest BCUT2D eigenvalue weighted by Gasteiger charge is 2.26. The van der Waals surface area contributed by atoms with E-state index in [0.717, 1.165) is 29.9 Å². The van der Waals surface area contributed by atoms with Crippen molar-refractivity contribution in [1.82, 2.24) is 20.0 Å². The number of aryl methyl sites for hydroxylation is 1. The van der Waals surface area contributed by atoms with Crippen LogP contribution in [0.25, 0.3) is 0 Å². The molecule has 0 spiro atoms. The minimum atomic E-state index is -0.265. The first-order valence-electron chi connectivity index (χ1n) is 6.89. The van der Waals surface area contributed by atoms with E-state index in [9.17, 15) is 4.79 Å². The summed E-state index contributed by atoms with van der Waals surface area (Å²) in [7, 11) is 0. The largest absolute Gasteiger partial charge is 0.338 e. The first-order valence-corrected chi connectivity index (χ1v) is 6.89. The van der Waals surface area contributed by atoms with Crippen LogP contribution in [0.15, 0.2) is 23.1 Å². The first kappa shape index (κ1) is 13.7. The molecule has 0 radical (unpaired) electrons. The quantitative estimate of drug-likeness (QED) is 0.912. The van der Waals surface area contributed by atoms with Gasteiger partial charge in [-0.1, -0.05) is 5.16 Å². The Kier molecular flexibility index (Phi) is 3.66. The molecule has 3 rings (SSSR count). The number of hydrogen-bond donors (Lipinski definition) is 1. The van der Waals surface area contributed by atoms with Gasteiger partial charge in [0.05, 0.1) is 17.4 Å². The number of fused-ring (bicyclic) bond motifs is 1. The number of anilines is 1. The van der Waals surface area contributed by atoms with Gasteiger partial charge in [-0.25, -0.2) is 9.97 Å². The van der Waals surface area contributed by atoms with Crippen molar-refractivity contribution in [3.8, 4) is 0 Å². The summed E-state index contributed by atoms with van der Waals surface area (Å²) >= 11 is 0. The number of amides is 1. The van der Waals surface area contributed by atoms with Crippen molar-refractivity contribution in [3.63, 3.8) is 0 Å². The van der Waals surface area contributed by atoms with Crippen molar-refractivity contribution < 1.29 is 9.32 Å². The minimum Gasteiger partial charge on any atom is -0.338 e. The van der Waals surface area contributed by atoms with Crippen LogP contribution in [0.4, 0.5) is 5.88 Å². The molecular weight excluding hydrogens is 270 g/mol. The molecule has 110 valence electrons. The van der Waals surface area contributed by atoms with E-state index in [2.05, 4.69) is 25.3 Å². The van der Waals surface area contributed by atoms with Crippen LogP contribution in [0.3, 0.4) is 0 Å². The molecule has 0 unspecified atom stereocenters. The highest BCUT2D eigenvalue weighted by Crippen LogP contribution is 2.18. The molecule has 1 N–H and O–H groups in total. The Bertz CT molecular complexity index is 654. The summed E-state index contributed by atoms with van der Waals surface area (Å²) in [5.74, 6) is 0.271. The lowest BCUT2D eigenvalue weighted by atomic mass is 10.1. The smallest absolute Gasteiger partial charge is 0.243 e. The maximum absolute atomic E-state index is 12.3. The lowest BCUT2D eigenvalue weighted by Crippen LogP contribution is -2.44. The van der Waals surface area contributed by atoms with Gasteiger partial charge in [0.1, 0.15) is 6.33 Å². The molecule has 21 heavy (non-hydrogen) atoms. The van der Waals surface area contributed by atoms with Gasteiger partial charge < -0.3 is 4.52 Å². The molecule has 3 heterocycles. The van der Waals surface area contributed by atoms with Crippen molar-refractivity contribution in [3.05, 3.63) is 35.5 Å². The number of rotatable bonds is 3. The fourth-order valence-corrected chi connectivity index (χ4v) is 2.42. The van der Waals surface area contributed by atoms with E-state index in [4.69, 9.17) is 4.52 Å². The maximum Gasteiger partial charge on any atom is 0.243 e. The molecule has 2 aromatic heterocycles. The molecule has 7 heteroatoms. The molecular formula is C14H17N5O2. The fourth-order valence-electron chi connectivity index (χ4n) is 2.42. The Balaban J connectivity index is 1.66. The Labute approximate surface area is 122 Å². The molecule has 7 nitrogen and oxygen atoms in total. The molecule has 0 saturated carbocycles. The van der Waals surface area contributed by atoms with Crippen LogP contribution in [0.1, 0.15) is 23.9 Å². The first-order chi connectivity index (χ1) is 10.1. The summed E-state index contributed by atoms with van der Waals surface area (Å²) in [5, 5.41) is 6.49. The van der Waals surface area contributed by atoms with Crippen LogP contribution >= 0.6 is 0 Å². The average molecular weight is 287 g/mol. The van der Waals surface area contributed by atoms with E-state index in [1.54, 1.807) is 12.4 Å². The summed E-state index contributed by atoms with van der Waals surface area (Å²) in [6.45, 7) is 5.15. The van der Waals surface area contributed by atoms with Crippen molar-refractivity contribution in [1.29, 1.82) is 0 Å². The van der Waals surface area contributed by atoms with Gasteiger partial charge in [-0.3, -0.25) is 15.0 Å². The Hall–Kier alpha value is -2.28. The summed E-state index contributed by atoms with van der Waals surface area (Å²) in [5.41, 5.74) is 2.89. The molecule has 0 fully saturated rings.